The third kappa shape index (κ3) is 1.72. The third-order valence-corrected chi connectivity index (χ3v) is 2.86. The fraction of sp³-hybridized carbons (Fsp3) is 0. The predicted molar refractivity (Wildman–Crippen MR) is 59.0 cm³/mol. The van der Waals surface area contributed by atoms with Crippen LogP contribution in [0.3, 0.4) is 0 Å². The molecule has 0 saturated heterocycles. The highest BCUT2D eigenvalue weighted by molar-refractivity contribution is 8.02. The Labute approximate surface area is 86.5 Å². The molecule has 14 heavy (non-hydrogen) atoms. The van der Waals surface area contributed by atoms with Crippen LogP contribution in [0.5, 0.6) is 0 Å². The van der Waals surface area contributed by atoms with E-state index in [0.29, 0.717) is 5.56 Å². The van der Waals surface area contributed by atoms with E-state index in [1.807, 2.05) is 35.8 Å². The molecular weight excluding hydrogens is 194 g/mol. The van der Waals surface area contributed by atoms with Gasteiger partial charge in [0.05, 0.1) is 0 Å². The minimum Gasteiger partial charge on any atom is -0.366 e. The Balaban J connectivity index is 2.49. The van der Waals surface area contributed by atoms with E-state index in [4.69, 9.17) is 5.73 Å². The molecule has 0 aromatic heterocycles. The lowest BCUT2D eigenvalue weighted by Crippen LogP contribution is -2.10. The van der Waals surface area contributed by atoms with Crippen LogP contribution in [0, 0.1) is 0 Å². The van der Waals surface area contributed by atoms with Crippen molar-refractivity contribution in [2.24, 2.45) is 5.73 Å². The van der Waals surface area contributed by atoms with Crippen molar-refractivity contribution < 1.29 is 4.79 Å². The second-order valence-corrected chi connectivity index (χ2v) is 3.87. The highest BCUT2D eigenvalue weighted by Crippen LogP contribution is 2.28. The molecule has 2 nitrogen and oxygen atoms in total. The average molecular weight is 203 g/mol. The molecule has 0 unspecified atom stereocenters. The summed E-state index contributed by atoms with van der Waals surface area (Å²) in [5.74, 6) is -0.384. The van der Waals surface area contributed by atoms with Crippen molar-refractivity contribution in [2.75, 3.05) is 0 Å². The lowest BCUT2D eigenvalue weighted by molar-refractivity contribution is 0.1000. The molecule has 1 aromatic rings. The molecular formula is C11H9NOS. The van der Waals surface area contributed by atoms with Crippen molar-refractivity contribution in [1.29, 1.82) is 0 Å². The molecule has 1 aliphatic rings. The Bertz CT molecular complexity index is 435. The number of primary amides is 1. The molecule has 0 fully saturated rings. The number of carbonyl (C=O) groups excluding carboxylic acids is 1. The Morgan fingerprint density at radius 2 is 2.14 bits per heavy atom. The second-order valence-electron chi connectivity index (χ2n) is 2.92. The fourth-order valence-corrected chi connectivity index (χ4v) is 2.03. The number of allylic oxidation sites excluding steroid dienone is 2. The number of amides is 1. The normalized spacial score (nSPS) is 13.4. The first-order valence-corrected chi connectivity index (χ1v) is 5.09. The van der Waals surface area contributed by atoms with Gasteiger partial charge < -0.3 is 5.73 Å². The van der Waals surface area contributed by atoms with Crippen LogP contribution in [0.25, 0.3) is 6.08 Å². The zero-order valence-electron chi connectivity index (χ0n) is 7.44. The van der Waals surface area contributed by atoms with Crippen LogP contribution in [-0.2, 0) is 0 Å². The maximum absolute atomic E-state index is 10.9. The van der Waals surface area contributed by atoms with Gasteiger partial charge in [-0.2, -0.15) is 0 Å². The maximum atomic E-state index is 10.9. The van der Waals surface area contributed by atoms with Crippen LogP contribution in [-0.4, -0.2) is 5.91 Å². The first-order valence-electron chi connectivity index (χ1n) is 4.21. The standard InChI is InChI=1S/C11H9NOS/c12-11(13)9-5-4-8-3-1-2-6-14-10(8)7-9/h1-7H,(H2,12,13). The van der Waals surface area contributed by atoms with E-state index in [1.54, 1.807) is 17.8 Å². The zero-order chi connectivity index (χ0) is 9.97. The van der Waals surface area contributed by atoms with Gasteiger partial charge in [-0.25, -0.2) is 0 Å². The van der Waals surface area contributed by atoms with Gasteiger partial charge in [0.2, 0.25) is 5.91 Å². The summed E-state index contributed by atoms with van der Waals surface area (Å²) < 4.78 is 0. The molecule has 1 amide bonds. The van der Waals surface area contributed by atoms with Crippen molar-refractivity contribution in [2.45, 2.75) is 4.90 Å². The van der Waals surface area contributed by atoms with Gasteiger partial charge in [0.1, 0.15) is 0 Å². The average Bonchev–Trinajstić information content (AvgIpc) is 2.41. The van der Waals surface area contributed by atoms with Gasteiger partial charge in [0.25, 0.3) is 0 Å². The summed E-state index contributed by atoms with van der Waals surface area (Å²) in [5, 5.41) is 1.98. The Kier molecular flexibility index (Phi) is 2.41. The molecule has 1 aliphatic heterocycles. The second kappa shape index (κ2) is 3.72. The van der Waals surface area contributed by atoms with Gasteiger partial charge in [-0.1, -0.05) is 36.1 Å². The van der Waals surface area contributed by atoms with Crippen LogP contribution in [0.1, 0.15) is 15.9 Å². The summed E-state index contributed by atoms with van der Waals surface area (Å²) in [6, 6.07) is 5.48. The topological polar surface area (TPSA) is 43.1 Å². The minimum absolute atomic E-state index is 0.384. The largest absolute Gasteiger partial charge is 0.366 e. The van der Waals surface area contributed by atoms with Gasteiger partial charge in [-0.05, 0) is 23.1 Å². The van der Waals surface area contributed by atoms with Gasteiger partial charge in [0.15, 0.2) is 0 Å². The number of nitrogens with two attached hydrogens (primary N) is 1. The molecule has 2 rings (SSSR count). The number of hydrogen-bond acceptors (Lipinski definition) is 2. The molecule has 1 aromatic carbocycles. The molecule has 70 valence electrons. The van der Waals surface area contributed by atoms with Gasteiger partial charge in [0, 0.05) is 10.5 Å². The van der Waals surface area contributed by atoms with Crippen LogP contribution >= 0.6 is 11.8 Å². The summed E-state index contributed by atoms with van der Waals surface area (Å²) >= 11 is 1.59. The Morgan fingerprint density at radius 1 is 1.29 bits per heavy atom. The van der Waals surface area contributed by atoms with E-state index >= 15 is 0 Å². The molecule has 0 atom stereocenters. The number of hydrogen-bond donors (Lipinski definition) is 1. The highest BCUT2D eigenvalue weighted by atomic mass is 32.2. The van der Waals surface area contributed by atoms with E-state index in [9.17, 15) is 4.79 Å². The zero-order valence-corrected chi connectivity index (χ0v) is 8.25. The van der Waals surface area contributed by atoms with Gasteiger partial charge in [-0.3, -0.25) is 4.79 Å². The number of benzene rings is 1. The molecule has 1 heterocycles. The molecule has 2 N–H and O–H groups in total. The highest BCUT2D eigenvalue weighted by Gasteiger charge is 2.05. The van der Waals surface area contributed by atoms with Gasteiger partial charge >= 0.3 is 0 Å². The van der Waals surface area contributed by atoms with Crippen molar-refractivity contribution >= 4 is 23.7 Å². The molecule has 0 aliphatic carbocycles. The first-order chi connectivity index (χ1) is 6.77. The number of rotatable bonds is 1. The van der Waals surface area contributed by atoms with E-state index < -0.39 is 0 Å². The van der Waals surface area contributed by atoms with Crippen molar-refractivity contribution in [3.05, 3.63) is 46.9 Å². The maximum Gasteiger partial charge on any atom is 0.248 e. The Hall–Kier alpha value is -1.48. The van der Waals surface area contributed by atoms with Crippen LogP contribution in [0.2, 0.25) is 0 Å². The molecule has 0 bridgehead atoms. The van der Waals surface area contributed by atoms with Crippen molar-refractivity contribution in [3.63, 3.8) is 0 Å². The van der Waals surface area contributed by atoms with Crippen LogP contribution < -0.4 is 5.73 Å². The van der Waals surface area contributed by atoms with Crippen molar-refractivity contribution in [3.8, 4) is 0 Å². The first kappa shape index (κ1) is 9.09. The minimum atomic E-state index is -0.384. The number of carbonyl (C=O) groups is 1. The molecule has 3 heteroatoms. The van der Waals surface area contributed by atoms with E-state index in [0.717, 1.165) is 10.5 Å². The van der Waals surface area contributed by atoms with Crippen LogP contribution in [0.4, 0.5) is 0 Å². The third-order valence-electron chi connectivity index (χ3n) is 1.96. The van der Waals surface area contributed by atoms with E-state index in [2.05, 4.69) is 0 Å². The van der Waals surface area contributed by atoms with Crippen molar-refractivity contribution in [1.82, 2.24) is 0 Å². The quantitative estimate of drug-likeness (QED) is 0.761. The predicted octanol–water partition coefficient (Wildman–Crippen LogP) is 2.42. The summed E-state index contributed by atoms with van der Waals surface area (Å²) in [6.07, 6.45) is 5.95. The van der Waals surface area contributed by atoms with Gasteiger partial charge in [-0.15, -0.1) is 0 Å². The molecule has 0 spiro atoms. The lowest BCUT2D eigenvalue weighted by Gasteiger charge is -2.03. The molecule has 0 saturated carbocycles. The summed E-state index contributed by atoms with van der Waals surface area (Å²) in [5.41, 5.74) is 6.87. The van der Waals surface area contributed by atoms with E-state index in [-0.39, 0.29) is 5.91 Å². The summed E-state index contributed by atoms with van der Waals surface area (Å²) in [7, 11) is 0. The van der Waals surface area contributed by atoms with Crippen LogP contribution in [0.15, 0.2) is 40.7 Å². The summed E-state index contributed by atoms with van der Waals surface area (Å²) in [6.45, 7) is 0. The monoisotopic (exact) mass is 203 g/mol. The Morgan fingerprint density at radius 3 is 2.93 bits per heavy atom. The number of fused-ring (bicyclic) bond motifs is 1. The fourth-order valence-electron chi connectivity index (χ4n) is 1.24. The lowest BCUT2D eigenvalue weighted by atomic mass is 10.1. The number of thioether (sulfide) groups is 1. The van der Waals surface area contributed by atoms with E-state index in [1.165, 1.54) is 0 Å². The summed E-state index contributed by atoms with van der Waals surface area (Å²) in [4.78, 5) is 12.0. The smallest absolute Gasteiger partial charge is 0.248 e. The molecule has 0 radical (unpaired) electrons. The SMILES string of the molecule is NC(=O)c1ccc2c(c1)SC=CC=C2.